The van der Waals surface area contributed by atoms with Gasteiger partial charge in [-0.25, -0.2) is 8.42 Å². The van der Waals surface area contributed by atoms with Gasteiger partial charge in [0.05, 0.1) is 5.92 Å². The maximum Gasteiger partial charge on any atom is 0.252 e. The van der Waals surface area contributed by atoms with E-state index >= 15 is 0 Å². The van der Waals surface area contributed by atoms with E-state index in [4.69, 9.17) is 0 Å². The Bertz CT molecular complexity index is 1390. The lowest BCUT2D eigenvalue weighted by Crippen LogP contribution is -2.43. The number of sulfonamides is 1. The molecule has 0 saturated carbocycles. The van der Waals surface area contributed by atoms with Crippen LogP contribution in [0.2, 0.25) is 0 Å². The Kier molecular flexibility index (Phi) is 5.53. The lowest BCUT2D eigenvalue weighted by molar-refractivity contribution is -0.120. The number of benzene rings is 2. The molecule has 4 aromatic rings. The quantitative estimate of drug-likeness (QED) is 0.453. The van der Waals surface area contributed by atoms with Crippen LogP contribution < -0.4 is 5.32 Å². The first-order valence-electron chi connectivity index (χ1n) is 10.8. The van der Waals surface area contributed by atoms with E-state index in [2.05, 4.69) is 28.9 Å². The standard InChI is InChI=1S/C24H25N3O3S2/c1-2-27-21-9-4-3-8-19(21)20-15-18(11-12-22(20)27)25-24(28)17-7-5-13-26(16-17)32(29,30)23-10-6-14-31-23/h3-4,6,8-12,14-15,17H,2,5,7,13,16H2,1H3,(H,25,28)/t17-/m0/s1. The lowest BCUT2D eigenvalue weighted by atomic mass is 9.98. The molecule has 8 heteroatoms. The number of hydrogen-bond donors (Lipinski definition) is 1. The largest absolute Gasteiger partial charge is 0.341 e. The summed E-state index contributed by atoms with van der Waals surface area (Å²) in [5.41, 5.74) is 3.05. The number of rotatable bonds is 5. The minimum Gasteiger partial charge on any atom is -0.341 e. The van der Waals surface area contributed by atoms with Crippen molar-refractivity contribution in [1.82, 2.24) is 8.87 Å². The average molecular weight is 468 g/mol. The zero-order valence-corrected chi connectivity index (χ0v) is 19.5. The molecule has 0 unspecified atom stereocenters. The van der Waals surface area contributed by atoms with Crippen molar-refractivity contribution in [3.05, 3.63) is 60.0 Å². The number of fused-ring (bicyclic) bond motifs is 3. The molecule has 1 N–H and O–H groups in total. The van der Waals surface area contributed by atoms with Crippen LogP contribution in [0.4, 0.5) is 5.69 Å². The minimum atomic E-state index is -3.54. The Labute approximate surface area is 191 Å². The molecule has 32 heavy (non-hydrogen) atoms. The Hall–Kier alpha value is -2.68. The first-order valence-corrected chi connectivity index (χ1v) is 13.2. The number of anilines is 1. The van der Waals surface area contributed by atoms with E-state index in [-0.39, 0.29) is 18.4 Å². The van der Waals surface area contributed by atoms with E-state index in [1.165, 1.54) is 21.2 Å². The van der Waals surface area contributed by atoms with Gasteiger partial charge in [-0.15, -0.1) is 11.3 Å². The molecule has 166 valence electrons. The normalized spacial score (nSPS) is 17.7. The van der Waals surface area contributed by atoms with Gasteiger partial charge in [0, 0.05) is 47.1 Å². The van der Waals surface area contributed by atoms with Gasteiger partial charge >= 0.3 is 0 Å². The van der Waals surface area contributed by atoms with Gasteiger partial charge in [0.25, 0.3) is 10.0 Å². The van der Waals surface area contributed by atoms with Crippen molar-refractivity contribution in [2.45, 2.75) is 30.5 Å². The molecule has 2 aromatic carbocycles. The highest BCUT2D eigenvalue weighted by Crippen LogP contribution is 2.32. The number of nitrogens with one attached hydrogen (secondary N) is 1. The van der Waals surface area contributed by atoms with E-state index in [0.29, 0.717) is 23.6 Å². The van der Waals surface area contributed by atoms with Crippen LogP contribution in [0.3, 0.4) is 0 Å². The molecule has 1 amide bonds. The fourth-order valence-corrected chi connectivity index (χ4v) is 7.30. The lowest BCUT2D eigenvalue weighted by Gasteiger charge is -2.30. The van der Waals surface area contributed by atoms with Gasteiger partial charge in [-0.05, 0) is 55.5 Å². The summed E-state index contributed by atoms with van der Waals surface area (Å²) in [6.07, 6.45) is 1.35. The van der Waals surface area contributed by atoms with Crippen LogP contribution in [-0.4, -0.2) is 36.3 Å². The van der Waals surface area contributed by atoms with Gasteiger partial charge in [-0.1, -0.05) is 24.3 Å². The Balaban J connectivity index is 1.38. The molecule has 1 fully saturated rings. The molecule has 1 saturated heterocycles. The molecule has 0 radical (unpaired) electrons. The minimum absolute atomic E-state index is 0.130. The number of amides is 1. The van der Waals surface area contributed by atoms with Crippen LogP contribution >= 0.6 is 11.3 Å². The molecule has 0 bridgehead atoms. The molecule has 1 atom stereocenters. The van der Waals surface area contributed by atoms with Gasteiger partial charge in [0.15, 0.2) is 0 Å². The van der Waals surface area contributed by atoms with Crippen molar-refractivity contribution in [2.24, 2.45) is 5.92 Å². The number of carbonyl (C=O) groups excluding carboxylic acids is 1. The fraction of sp³-hybridized carbons (Fsp3) is 0.292. The third kappa shape index (κ3) is 3.62. The summed E-state index contributed by atoms with van der Waals surface area (Å²) >= 11 is 1.21. The van der Waals surface area contributed by atoms with E-state index in [9.17, 15) is 13.2 Å². The zero-order valence-electron chi connectivity index (χ0n) is 17.8. The molecule has 5 rings (SSSR count). The molecular formula is C24H25N3O3S2. The van der Waals surface area contributed by atoms with Gasteiger partial charge in [0.1, 0.15) is 4.21 Å². The number of hydrogen-bond acceptors (Lipinski definition) is 4. The molecule has 3 heterocycles. The summed E-state index contributed by atoms with van der Waals surface area (Å²) < 4.78 is 29.8. The highest BCUT2D eigenvalue weighted by molar-refractivity contribution is 7.91. The van der Waals surface area contributed by atoms with Crippen LogP contribution in [0.15, 0.2) is 64.2 Å². The summed E-state index contributed by atoms with van der Waals surface area (Å²) in [6, 6.07) is 17.6. The van der Waals surface area contributed by atoms with Crippen molar-refractivity contribution in [3.63, 3.8) is 0 Å². The molecular weight excluding hydrogens is 442 g/mol. The Morgan fingerprint density at radius 2 is 1.91 bits per heavy atom. The number of aryl methyl sites for hydroxylation is 1. The van der Waals surface area contributed by atoms with Gasteiger partial charge in [-0.3, -0.25) is 4.79 Å². The van der Waals surface area contributed by atoms with Crippen LogP contribution in [-0.2, 0) is 21.4 Å². The van der Waals surface area contributed by atoms with Gasteiger partial charge in [-0.2, -0.15) is 4.31 Å². The van der Waals surface area contributed by atoms with Gasteiger partial charge in [0.2, 0.25) is 5.91 Å². The van der Waals surface area contributed by atoms with E-state index < -0.39 is 10.0 Å². The maximum absolute atomic E-state index is 13.1. The Morgan fingerprint density at radius 3 is 2.69 bits per heavy atom. The topological polar surface area (TPSA) is 71.4 Å². The van der Waals surface area contributed by atoms with Crippen molar-refractivity contribution in [2.75, 3.05) is 18.4 Å². The van der Waals surface area contributed by atoms with Crippen molar-refractivity contribution in [3.8, 4) is 0 Å². The summed E-state index contributed by atoms with van der Waals surface area (Å²) in [4.78, 5) is 13.1. The monoisotopic (exact) mass is 467 g/mol. The Morgan fingerprint density at radius 1 is 1.09 bits per heavy atom. The first kappa shape index (κ1) is 21.2. The van der Waals surface area contributed by atoms with Crippen molar-refractivity contribution >= 4 is 54.8 Å². The van der Waals surface area contributed by atoms with E-state index in [0.717, 1.165) is 28.5 Å². The van der Waals surface area contributed by atoms with Crippen molar-refractivity contribution < 1.29 is 13.2 Å². The number of thiophene rings is 1. The van der Waals surface area contributed by atoms with Crippen LogP contribution in [0.25, 0.3) is 21.8 Å². The predicted molar refractivity (Wildman–Crippen MR) is 130 cm³/mol. The number of aromatic nitrogens is 1. The molecule has 0 aliphatic carbocycles. The third-order valence-corrected chi connectivity index (χ3v) is 9.44. The molecule has 0 spiro atoms. The van der Waals surface area contributed by atoms with Crippen LogP contribution in [0.1, 0.15) is 19.8 Å². The maximum atomic E-state index is 13.1. The second-order valence-corrected chi connectivity index (χ2v) is 11.2. The van der Waals surface area contributed by atoms with Crippen molar-refractivity contribution in [1.29, 1.82) is 0 Å². The smallest absolute Gasteiger partial charge is 0.252 e. The summed E-state index contributed by atoms with van der Waals surface area (Å²) in [5.74, 6) is -0.499. The predicted octanol–water partition coefficient (Wildman–Crippen LogP) is 4.92. The molecule has 1 aliphatic heterocycles. The van der Waals surface area contributed by atoms with E-state index in [1.807, 2.05) is 30.3 Å². The second kappa shape index (κ2) is 8.35. The fourth-order valence-electron chi connectivity index (χ4n) is 4.63. The molecule has 2 aromatic heterocycles. The number of para-hydroxylation sites is 1. The number of carbonyl (C=O) groups is 1. The van der Waals surface area contributed by atoms with E-state index in [1.54, 1.807) is 17.5 Å². The number of nitrogens with zero attached hydrogens (tertiary/aromatic N) is 2. The molecule has 1 aliphatic rings. The summed E-state index contributed by atoms with van der Waals surface area (Å²) in [7, 11) is -3.54. The first-order chi connectivity index (χ1) is 15.5. The summed E-state index contributed by atoms with van der Waals surface area (Å²) in [5, 5.41) is 7.05. The highest BCUT2D eigenvalue weighted by atomic mass is 32.2. The average Bonchev–Trinajstić information content (AvgIpc) is 3.46. The zero-order chi connectivity index (χ0) is 22.3. The highest BCUT2D eigenvalue weighted by Gasteiger charge is 2.33. The van der Waals surface area contributed by atoms with Crippen LogP contribution in [0.5, 0.6) is 0 Å². The van der Waals surface area contributed by atoms with Gasteiger partial charge < -0.3 is 9.88 Å². The second-order valence-electron chi connectivity index (χ2n) is 8.12. The number of piperidine rings is 1. The van der Waals surface area contributed by atoms with Crippen LogP contribution in [0, 0.1) is 5.92 Å². The molecule has 6 nitrogen and oxygen atoms in total. The summed E-state index contributed by atoms with van der Waals surface area (Å²) in [6.45, 7) is 3.66. The third-order valence-electron chi connectivity index (χ3n) is 6.20. The SMILES string of the molecule is CCn1c2ccccc2c2cc(NC(=O)[C@H]3CCCN(S(=O)(=O)c4cccs4)C3)ccc21.